The van der Waals surface area contributed by atoms with Crippen molar-refractivity contribution in [2.45, 2.75) is 26.3 Å². The molecule has 0 aliphatic heterocycles. The Labute approximate surface area is 110 Å². The number of hydrogen-bond donors (Lipinski definition) is 1. The standard InChI is InChI=1S/C15H23FN2/c1-5-10-17-12(3)15-13(16)8-7-9-14(15)18(4)11-6-2/h6-9,12,17H,2,5,10-11H2,1,3-4H3. The summed E-state index contributed by atoms with van der Waals surface area (Å²) in [6.07, 6.45) is 2.86. The molecular weight excluding hydrogens is 227 g/mol. The third kappa shape index (κ3) is 3.57. The number of likely N-dealkylation sites (N-methyl/N-ethyl adjacent to an activating group) is 1. The van der Waals surface area contributed by atoms with Gasteiger partial charge in [0, 0.05) is 30.9 Å². The molecule has 3 heteroatoms. The van der Waals surface area contributed by atoms with Gasteiger partial charge in [-0.05, 0) is 32.0 Å². The molecule has 0 saturated heterocycles. The van der Waals surface area contributed by atoms with Gasteiger partial charge < -0.3 is 10.2 Å². The number of rotatable bonds is 7. The van der Waals surface area contributed by atoms with Crippen molar-refractivity contribution < 1.29 is 4.39 Å². The zero-order valence-corrected chi connectivity index (χ0v) is 11.5. The Morgan fingerprint density at radius 3 is 2.83 bits per heavy atom. The van der Waals surface area contributed by atoms with Crippen LogP contribution in [0.2, 0.25) is 0 Å². The molecule has 0 saturated carbocycles. The van der Waals surface area contributed by atoms with Gasteiger partial charge in [0.2, 0.25) is 0 Å². The number of anilines is 1. The van der Waals surface area contributed by atoms with Crippen molar-refractivity contribution in [1.29, 1.82) is 0 Å². The van der Waals surface area contributed by atoms with E-state index in [4.69, 9.17) is 0 Å². The first-order valence-corrected chi connectivity index (χ1v) is 6.45. The second kappa shape index (κ2) is 7.17. The largest absolute Gasteiger partial charge is 0.371 e. The lowest BCUT2D eigenvalue weighted by Gasteiger charge is -2.25. The Morgan fingerprint density at radius 2 is 2.22 bits per heavy atom. The summed E-state index contributed by atoms with van der Waals surface area (Å²) in [4.78, 5) is 2.01. The zero-order chi connectivity index (χ0) is 13.5. The van der Waals surface area contributed by atoms with Crippen LogP contribution in [0.3, 0.4) is 0 Å². The average Bonchev–Trinajstić information content (AvgIpc) is 2.35. The molecule has 0 heterocycles. The van der Waals surface area contributed by atoms with E-state index in [0.717, 1.165) is 24.2 Å². The normalized spacial score (nSPS) is 12.2. The van der Waals surface area contributed by atoms with Crippen LogP contribution in [-0.4, -0.2) is 20.1 Å². The highest BCUT2D eigenvalue weighted by molar-refractivity contribution is 5.55. The monoisotopic (exact) mass is 250 g/mol. The fourth-order valence-electron chi connectivity index (χ4n) is 2.04. The topological polar surface area (TPSA) is 15.3 Å². The predicted molar refractivity (Wildman–Crippen MR) is 76.6 cm³/mol. The first-order chi connectivity index (χ1) is 8.61. The summed E-state index contributed by atoms with van der Waals surface area (Å²) >= 11 is 0. The van der Waals surface area contributed by atoms with Gasteiger partial charge in [-0.1, -0.05) is 19.1 Å². The van der Waals surface area contributed by atoms with E-state index >= 15 is 0 Å². The summed E-state index contributed by atoms with van der Waals surface area (Å²) in [5.74, 6) is -0.153. The molecule has 1 aromatic rings. The van der Waals surface area contributed by atoms with E-state index in [0.29, 0.717) is 6.54 Å². The van der Waals surface area contributed by atoms with Crippen molar-refractivity contribution >= 4 is 5.69 Å². The molecule has 100 valence electrons. The van der Waals surface area contributed by atoms with Crippen LogP contribution in [0.5, 0.6) is 0 Å². The number of nitrogens with zero attached hydrogens (tertiary/aromatic N) is 1. The molecule has 2 nitrogen and oxygen atoms in total. The molecule has 0 bridgehead atoms. The van der Waals surface area contributed by atoms with Gasteiger partial charge >= 0.3 is 0 Å². The molecule has 0 aromatic heterocycles. The highest BCUT2D eigenvalue weighted by Crippen LogP contribution is 2.28. The second-order valence-corrected chi connectivity index (χ2v) is 4.52. The fraction of sp³-hybridized carbons (Fsp3) is 0.467. The van der Waals surface area contributed by atoms with E-state index in [1.54, 1.807) is 6.07 Å². The maximum atomic E-state index is 14.0. The SMILES string of the molecule is C=CCN(C)c1cccc(F)c1C(C)NCCC. The number of nitrogens with one attached hydrogen (secondary N) is 1. The highest BCUT2D eigenvalue weighted by atomic mass is 19.1. The molecule has 1 unspecified atom stereocenters. The Hall–Kier alpha value is -1.35. The van der Waals surface area contributed by atoms with Crippen molar-refractivity contribution in [2.75, 3.05) is 25.0 Å². The second-order valence-electron chi connectivity index (χ2n) is 4.52. The smallest absolute Gasteiger partial charge is 0.130 e. The molecule has 1 atom stereocenters. The van der Waals surface area contributed by atoms with Gasteiger partial charge in [0.1, 0.15) is 5.82 Å². The van der Waals surface area contributed by atoms with Crippen LogP contribution >= 0.6 is 0 Å². The molecule has 0 fully saturated rings. The quantitative estimate of drug-likeness (QED) is 0.745. The number of benzene rings is 1. The summed E-state index contributed by atoms with van der Waals surface area (Å²) in [7, 11) is 1.95. The van der Waals surface area contributed by atoms with Crippen LogP contribution in [0, 0.1) is 5.82 Å². The van der Waals surface area contributed by atoms with Gasteiger partial charge in [0.25, 0.3) is 0 Å². The molecule has 0 aliphatic carbocycles. The van der Waals surface area contributed by atoms with Crippen LogP contribution < -0.4 is 10.2 Å². The summed E-state index contributed by atoms with van der Waals surface area (Å²) < 4.78 is 14.0. The van der Waals surface area contributed by atoms with Crippen molar-refractivity contribution in [3.05, 3.63) is 42.2 Å². The van der Waals surface area contributed by atoms with Crippen LogP contribution in [0.15, 0.2) is 30.9 Å². The highest BCUT2D eigenvalue weighted by Gasteiger charge is 2.16. The minimum atomic E-state index is -0.153. The van der Waals surface area contributed by atoms with Crippen LogP contribution in [-0.2, 0) is 0 Å². The van der Waals surface area contributed by atoms with Gasteiger partial charge in [0.15, 0.2) is 0 Å². The summed E-state index contributed by atoms with van der Waals surface area (Å²) in [5.41, 5.74) is 1.65. The van der Waals surface area contributed by atoms with E-state index < -0.39 is 0 Å². The Balaban J connectivity index is 3.03. The zero-order valence-electron chi connectivity index (χ0n) is 11.5. The molecule has 1 N–H and O–H groups in total. The van der Waals surface area contributed by atoms with Gasteiger partial charge in [0.05, 0.1) is 0 Å². The molecule has 0 aliphatic rings. The van der Waals surface area contributed by atoms with E-state index in [1.807, 2.05) is 31.0 Å². The fourth-order valence-corrected chi connectivity index (χ4v) is 2.04. The Kier molecular flexibility index (Phi) is 5.86. The molecular formula is C15H23FN2. The van der Waals surface area contributed by atoms with Crippen LogP contribution in [0.1, 0.15) is 31.9 Å². The maximum absolute atomic E-state index is 14.0. The van der Waals surface area contributed by atoms with Crippen molar-refractivity contribution in [2.24, 2.45) is 0 Å². The minimum absolute atomic E-state index is 0.00779. The van der Waals surface area contributed by atoms with Crippen LogP contribution in [0.4, 0.5) is 10.1 Å². The lowest BCUT2D eigenvalue weighted by atomic mass is 10.0. The number of halogens is 1. The summed E-state index contributed by atoms with van der Waals surface area (Å²) in [6.45, 7) is 9.42. The molecule has 0 spiro atoms. The van der Waals surface area contributed by atoms with Crippen LogP contribution in [0.25, 0.3) is 0 Å². The molecule has 0 amide bonds. The third-order valence-corrected chi connectivity index (χ3v) is 2.98. The van der Waals surface area contributed by atoms with Crippen molar-refractivity contribution in [3.8, 4) is 0 Å². The first kappa shape index (κ1) is 14.7. The number of hydrogen-bond acceptors (Lipinski definition) is 2. The first-order valence-electron chi connectivity index (χ1n) is 6.45. The molecule has 18 heavy (non-hydrogen) atoms. The summed E-state index contributed by atoms with van der Waals surface area (Å²) in [6, 6.07) is 5.23. The predicted octanol–water partition coefficient (Wildman–Crippen LogP) is 3.51. The van der Waals surface area contributed by atoms with Gasteiger partial charge in [-0.3, -0.25) is 0 Å². The molecule has 1 rings (SSSR count). The van der Waals surface area contributed by atoms with E-state index in [2.05, 4.69) is 18.8 Å². The Morgan fingerprint density at radius 1 is 1.50 bits per heavy atom. The van der Waals surface area contributed by atoms with Gasteiger partial charge in [-0.25, -0.2) is 4.39 Å². The lowest BCUT2D eigenvalue weighted by Crippen LogP contribution is -2.25. The Bertz CT molecular complexity index is 390. The molecule has 1 aromatic carbocycles. The van der Waals surface area contributed by atoms with Gasteiger partial charge in [-0.2, -0.15) is 0 Å². The summed E-state index contributed by atoms with van der Waals surface area (Å²) in [5, 5.41) is 3.33. The van der Waals surface area contributed by atoms with Gasteiger partial charge in [-0.15, -0.1) is 6.58 Å². The minimum Gasteiger partial charge on any atom is -0.371 e. The third-order valence-electron chi connectivity index (χ3n) is 2.98. The van der Waals surface area contributed by atoms with E-state index in [1.165, 1.54) is 6.07 Å². The van der Waals surface area contributed by atoms with Crippen molar-refractivity contribution in [1.82, 2.24) is 5.32 Å². The maximum Gasteiger partial charge on any atom is 0.130 e. The van der Waals surface area contributed by atoms with E-state index in [-0.39, 0.29) is 11.9 Å². The van der Waals surface area contributed by atoms with E-state index in [9.17, 15) is 4.39 Å². The van der Waals surface area contributed by atoms with Crippen molar-refractivity contribution in [3.63, 3.8) is 0 Å². The molecule has 0 radical (unpaired) electrons. The lowest BCUT2D eigenvalue weighted by molar-refractivity contribution is 0.527. The average molecular weight is 250 g/mol.